The van der Waals surface area contributed by atoms with E-state index in [1.807, 2.05) is 24.6 Å². The highest BCUT2D eigenvalue weighted by Gasteiger charge is 2.27. The lowest BCUT2D eigenvalue weighted by atomic mass is 9.79. The zero-order valence-corrected chi connectivity index (χ0v) is 28.3. The van der Waals surface area contributed by atoms with Crippen molar-refractivity contribution >= 4 is 18.5 Å². The number of rotatable bonds is 6. The van der Waals surface area contributed by atoms with Crippen LogP contribution in [0.25, 0.3) is 17.2 Å². The Bertz CT molecular complexity index is 1540. The lowest BCUT2D eigenvalue weighted by molar-refractivity contribution is 0.390. The molecule has 0 aliphatic heterocycles. The van der Waals surface area contributed by atoms with Crippen LogP contribution >= 0.6 is 0 Å². The summed E-state index contributed by atoms with van der Waals surface area (Å²) in [6, 6.07) is 16.7. The second-order valence-electron chi connectivity index (χ2n) is 15.5. The van der Waals surface area contributed by atoms with E-state index in [9.17, 15) is 10.2 Å². The summed E-state index contributed by atoms with van der Waals surface area (Å²) in [5, 5.41) is 22.7. The first kappa shape index (κ1) is 33.2. The Kier molecular flexibility index (Phi) is 9.63. The monoisotopic (exact) mass is 592 g/mol. The number of benzene rings is 3. The fourth-order valence-electron chi connectivity index (χ4n) is 5.86. The Morgan fingerprint density at radius 2 is 1.11 bits per heavy atom. The van der Waals surface area contributed by atoms with Crippen LogP contribution in [0.3, 0.4) is 0 Å². The van der Waals surface area contributed by atoms with Gasteiger partial charge in [0.2, 0.25) is 0 Å². The maximum Gasteiger partial charge on any atom is 0.128 e. The van der Waals surface area contributed by atoms with Crippen LogP contribution in [0.1, 0.15) is 121 Å². The maximum atomic E-state index is 11.4. The lowest BCUT2D eigenvalue weighted by Crippen LogP contribution is -2.27. The van der Waals surface area contributed by atoms with Crippen molar-refractivity contribution in [2.75, 3.05) is 0 Å². The van der Waals surface area contributed by atoms with Crippen LogP contribution in [-0.2, 0) is 16.2 Å². The molecule has 4 heteroatoms. The minimum Gasteiger partial charge on any atom is -0.507 e. The van der Waals surface area contributed by atoms with E-state index in [2.05, 4.69) is 111 Å². The molecule has 234 valence electrons. The van der Waals surface area contributed by atoms with Crippen molar-refractivity contribution in [2.24, 2.45) is 9.98 Å². The Labute approximate surface area is 265 Å². The van der Waals surface area contributed by atoms with E-state index in [1.54, 1.807) is 0 Å². The fraction of sp³-hybridized carbons (Fsp3) is 0.450. The molecule has 4 rings (SSSR count). The third-order valence-electron chi connectivity index (χ3n) is 8.74. The zero-order chi connectivity index (χ0) is 32.4. The van der Waals surface area contributed by atoms with Crippen molar-refractivity contribution in [1.29, 1.82) is 0 Å². The average Bonchev–Trinajstić information content (AvgIpc) is 2.94. The van der Waals surface area contributed by atoms with E-state index >= 15 is 0 Å². The van der Waals surface area contributed by atoms with Crippen LogP contribution in [0.15, 0.2) is 65.1 Å². The molecule has 4 nitrogen and oxygen atoms in total. The second kappa shape index (κ2) is 12.8. The molecule has 44 heavy (non-hydrogen) atoms. The second-order valence-corrected chi connectivity index (χ2v) is 15.5. The van der Waals surface area contributed by atoms with Gasteiger partial charge in [-0.1, -0.05) is 118 Å². The Hall–Kier alpha value is -3.66. The first-order chi connectivity index (χ1) is 20.5. The Balaban J connectivity index is 1.70. The number of phenols is 2. The van der Waals surface area contributed by atoms with E-state index in [0.717, 1.165) is 64.6 Å². The molecule has 1 aliphatic carbocycles. The number of phenolic OH excluding ortho intramolecular Hbond substituents is 2. The van der Waals surface area contributed by atoms with Gasteiger partial charge in [0, 0.05) is 34.7 Å². The number of aliphatic imine (C=N–C) groups is 2. The molecular weight excluding hydrogens is 540 g/mol. The first-order valence-corrected chi connectivity index (χ1v) is 16.0. The van der Waals surface area contributed by atoms with Gasteiger partial charge in [-0.15, -0.1) is 0 Å². The fourth-order valence-corrected chi connectivity index (χ4v) is 5.86. The minimum absolute atomic E-state index is 0.00282. The minimum atomic E-state index is -0.239. The molecule has 0 bridgehead atoms. The van der Waals surface area contributed by atoms with Crippen LogP contribution in [0.5, 0.6) is 11.5 Å². The molecule has 0 spiro atoms. The third-order valence-corrected chi connectivity index (χ3v) is 8.74. The van der Waals surface area contributed by atoms with Gasteiger partial charge in [-0.2, -0.15) is 0 Å². The van der Waals surface area contributed by atoms with Crippen LogP contribution < -0.4 is 0 Å². The van der Waals surface area contributed by atoms with Crippen molar-refractivity contribution in [3.63, 3.8) is 0 Å². The van der Waals surface area contributed by atoms with Gasteiger partial charge in [0.05, 0.1) is 12.1 Å². The quantitative estimate of drug-likeness (QED) is 0.280. The molecule has 1 fully saturated rings. The topological polar surface area (TPSA) is 65.2 Å². The number of hydrogen-bond donors (Lipinski definition) is 2. The van der Waals surface area contributed by atoms with Gasteiger partial charge >= 0.3 is 0 Å². The van der Waals surface area contributed by atoms with E-state index in [-0.39, 0.29) is 34.1 Å². The molecule has 1 saturated carbocycles. The number of nitrogens with zero attached hydrogens (tertiary/aromatic N) is 2. The normalized spacial score (nSPS) is 18.3. The smallest absolute Gasteiger partial charge is 0.128 e. The SMILES string of the molecule is C=Cc1ccc(-c2cc(C=N[C@H]3CCCC[C@@H]3N=Cc3cc(C(C)(C)C)cc(C(C)(C)C)c3O)c(O)c(C(C)(C)C)c2)cc1. The molecule has 0 heterocycles. The van der Waals surface area contributed by atoms with E-state index < -0.39 is 0 Å². The summed E-state index contributed by atoms with van der Waals surface area (Å²) >= 11 is 0. The predicted octanol–water partition coefficient (Wildman–Crippen LogP) is 10.1. The Morgan fingerprint density at radius 3 is 1.57 bits per heavy atom. The number of hydrogen-bond acceptors (Lipinski definition) is 4. The van der Waals surface area contributed by atoms with Crippen LogP contribution in [0.2, 0.25) is 0 Å². The van der Waals surface area contributed by atoms with Crippen molar-refractivity contribution in [3.8, 4) is 22.6 Å². The van der Waals surface area contributed by atoms with Gasteiger partial charge in [0.25, 0.3) is 0 Å². The maximum absolute atomic E-state index is 11.4. The summed E-state index contributed by atoms with van der Waals surface area (Å²) in [4.78, 5) is 10.1. The van der Waals surface area contributed by atoms with E-state index in [0.29, 0.717) is 5.75 Å². The molecule has 0 unspecified atom stereocenters. The highest BCUT2D eigenvalue weighted by atomic mass is 16.3. The molecule has 0 saturated heterocycles. The molecule has 3 aromatic rings. The molecular formula is C40H52N2O2. The van der Waals surface area contributed by atoms with Crippen LogP contribution in [-0.4, -0.2) is 34.7 Å². The lowest BCUT2D eigenvalue weighted by Gasteiger charge is -2.28. The van der Waals surface area contributed by atoms with Crippen LogP contribution in [0.4, 0.5) is 0 Å². The van der Waals surface area contributed by atoms with Gasteiger partial charge in [0.1, 0.15) is 11.5 Å². The molecule has 1 aliphatic rings. The van der Waals surface area contributed by atoms with Gasteiger partial charge in [0.15, 0.2) is 0 Å². The van der Waals surface area contributed by atoms with E-state index in [1.165, 1.54) is 5.56 Å². The van der Waals surface area contributed by atoms with Crippen molar-refractivity contribution in [2.45, 2.75) is 116 Å². The molecule has 0 aromatic heterocycles. The van der Waals surface area contributed by atoms with Gasteiger partial charge < -0.3 is 10.2 Å². The van der Waals surface area contributed by atoms with Crippen molar-refractivity contribution < 1.29 is 10.2 Å². The van der Waals surface area contributed by atoms with Gasteiger partial charge in [-0.3, -0.25) is 9.98 Å². The third kappa shape index (κ3) is 7.70. The zero-order valence-electron chi connectivity index (χ0n) is 28.3. The Morgan fingerprint density at radius 1 is 0.636 bits per heavy atom. The summed E-state index contributed by atoms with van der Waals surface area (Å²) in [5.41, 5.74) is 7.22. The highest BCUT2D eigenvalue weighted by molar-refractivity contribution is 5.88. The van der Waals surface area contributed by atoms with Gasteiger partial charge in [-0.05, 0) is 69.5 Å². The standard InChI is InChI=1S/C40H52N2O2/c1-11-26-16-18-27(19-17-26)28-20-29(36(43)32(22-28)39(5,6)7)24-41-34-14-12-13-15-35(34)42-25-30-21-31(38(2,3)4)23-33(37(30)44)40(8,9)10/h11,16-25,34-35,43-44H,1,12-15H2,2-10H3/t34-,35-/m0/s1. The first-order valence-electron chi connectivity index (χ1n) is 16.0. The van der Waals surface area contributed by atoms with Crippen molar-refractivity contribution in [1.82, 2.24) is 0 Å². The summed E-state index contributed by atoms with van der Waals surface area (Å²) in [5.74, 6) is 0.588. The predicted molar refractivity (Wildman–Crippen MR) is 189 cm³/mol. The largest absolute Gasteiger partial charge is 0.507 e. The van der Waals surface area contributed by atoms with Crippen molar-refractivity contribution in [3.05, 3.63) is 88.5 Å². The van der Waals surface area contributed by atoms with Crippen LogP contribution in [0, 0.1) is 0 Å². The molecule has 0 radical (unpaired) electrons. The molecule has 2 N–H and O–H groups in total. The summed E-state index contributed by atoms with van der Waals surface area (Å²) in [6.07, 6.45) is 9.64. The molecule has 2 atom stereocenters. The average molecular weight is 593 g/mol. The molecule has 3 aromatic carbocycles. The number of aromatic hydroxyl groups is 2. The summed E-state index contributed by atoms with van der Waals surface area (Å²) in [6.45, 7) is 23.2. The summed E-state index contributed by atoms with van der Waals surface area (Å²) in [7, 11) is 0. The van der Waals surface area contributed by atoms with E-state index in [4.69, 9.17) is 9.98 Å². The molecule has 0 amide bonds. The highest BCUT2D eigenvalue weighted by Crippen LogP contribution is 2.39. The van der Waals surface area contributed by atoms with Gasteiger partial charge in [-0.25, -0.2) is 0 Å². The summed E-state index contributed by atoms with van der Waals surface area (Å²) < 4.78 is 0.